The van der Waals surface area contributed by atoms with Gasteiger partial charge in [-0.3, -0.25) is 0 Å². The fraction of sp³-hybridized carbons (Fsp3) is 0.278. The Hall–Kier alpha value is -2.64. The van der Waals surface area contributed by atoms with Gasteiger partial charge in [0.1, 0.15) is 12.1 Å². The Morgan fingerprint density at radius 3 is 2.44 bits per heavy atom. The zero-order valence-electron chi connectivity index (χ0n) is 14.1. The summed E-state index contributed by atoms with van der Waals surface area (Å²) >= 11 is 0. The van der Waals surface area contributed by atoms with Crippen LogP contribution < -0.4 is 5.32 Å². The molecule has 2 N–H and O–H groups in total. The lowest BCUT2D eigenvalue weighted by Gasteiger charge is -2.26. The van der Waals surface area contributed by atoms with Crippen LogP contribution in [0, 0.1) is 5.82 Å². The highest BCUT2D eigenvalue weighted by Gasteiger charge is 2.23. The van der Waals surface area contributed by atoms with Crippen molar-refractivity contribution in [1.29, 1.82) is 0 Å². The number of tetrazole rings is 1. The molecule has 6 nitrogen and oxygen atoms in total. The van der Waals surface area contributed by atoms with Crippen LogP contribution in [0.3, 0.4) is 0 Å². The molecule has 130 valence electrons. The van der Waals surface area contributed by atoms with Crippen molar-refractivity contribution in [2.75, 3.05) is 6.54 Å². The molecule has 0 unspecified atom stereocenters. The highest BCUT2D eigenvalue weighted by atomic mass is 19.1. The van der Waals surface area contributed by atoms with Gasteiger partial charge in [0.2, 0.25) is 0 Å². The number of hydrogen-bond donors (Lipinski definition) is 2. The first kappa shape index (κ1) is 17.2. The van der Waals surface area contributed by atoms with Crippen molar-refractivity contribution < 1.29 is 9.50 Å². The summed E-state index contributed by atoms with van der Waals surface area (Å²) in [6.45, 7) is 4.07. The van der Waals surface area contributed by atoms with E-state index in [-0.39, 0.29) is 11.9 Å². The Kier molecular flexibility index (Phi) is 4.87. The van der Waals surface area contributed by atoms with Gasteiger partial charge in [-0.2, -0.15) is 0 Å². The third kappa shape index (κ3) is 4.07. The van der Waals surface area contributed by atoms with Crippen LogP contribution in [-0.4, -0.2) is 31.9 Å². The summed E-state index contributed by atoms with van der Waals surface area (Å²) in [5.41, 5.74) is 1.53. The zero-order valence-corrected chi connectivity index (χ0v) is 14.1. The number of rotatable bonds is 6. The summed E-state index contributed by atoms with van der Waals surface area (Å²) in [5, 5.41) is 25.0. The van der Waals surface area contributed by atoms with Crippen molar-refractivity contribution in [1.82, 2.24) is 25.5 Å². The molecule has 3 rings (SSSR count). The van der Waals surface area contributed by atoms with E-state index in [0.29, 0.717) is 12.1 Å². The number of halogens is 1. The molecule has 0 aliphatic rings. The number of aromatic nitrogens is 4. The molecule has 3 aromatic rings. The van der Waals surface area contributed by atoms with Gasteiger partial charge < -0.3 is 10.4 Å². The number of benzene rings is 2. The van der Waals surface area contributed by atoms with Gasteiger partial charge in [-0.1, -0.05) is 24.3 Å². The van der Waals surface area contributed by atoms with Crippen LogP contribution in [0.1, 0.15) is 31.0 Å². The van der Waals surface area contributed by atoms with E-state index in [9.17, 15) is 9.50 Å². The zero-order chi connectivity index (χ0) is 17.9. The van der Waals surface area contributed by atoms with Crippen LogP contribution in [0.25, 0.3) is 5.69 Å². The van der Waals surface area contributed by atoms with Crippen LogP contribution in [-0.2, 0) is 5.60 Å². The minimum Gasteiger partial charge on any atom is -0.384 e. The smallest absolute Gasteiger partial charge is 0.143 e. The molecular formula is C18H20FN5O. The van der Waals surface area contributed by atoms with E-state index in [0.717, 1.165) is 11.3 Å². The molecule has 0 fully saturated rings. The summed E-state index contributed by atoms with van der Waals surface area (Å²) in [7, 11) is 0. The number of aliphatic hydroxyl groups is 1. The van der Waals surface area contributed by atoms with Gasteiger partial charge in [-0.15, -0.1) is 5.10 Å². The van der Waals surface area contributed by atoms with Gasteiger partial charge in [-0.05, 0) is 59.7 Å². The number of nitrogens with zero attached hydrogens (tertiary/aromatic N) is 4. The van der Waals surface area contributed by atoms with Gasteiger partial charge in [0.15, 0.2) is 0 Å². The van der Waals surface area contributed by atoms with Crippen molar-refractivity contribution in [3.63, 3.8) is 0 Å². The second-order valence-corrected chi connectivity index (χ2v) is 6.23. The molecule has 0 aliphatic carbocycles. The average Bonchev–Trinajstić information content (AvgIpc) is 3.15. The van der Waals surface area contributed by atoms with Crippen LogP contribution >= 0.6 is 0 Å². The van der Waals surface area contributed by atoms with Crippen molar-refractivity contribution in [3.05, 3.63) is 71.8 Å². The third-order valence-corrected chi connectivity index (χ3v) is 4.23. The predicted molar refractivity (Wildman–Crippen MR) is 91.5 cm³/mol. The molecule has 0 radical (unpaired) electrons. The molecule has 1 aromatic heterocycles. The van der Waals surface area contributed by atoms with Crippen molar-refractivity contribution in [2.45, 2.75) is 25.5 Å². The summed E-state index contributed by atoms with van der Waals surface area (Å²) < 4.78 is 14.6. The van der Waals surface area contributed by atoms with Gasteiger partial charge in [-0.25, -0.2) is 9.07 Å². The summed E-state index contributed by atoms with van der Waals surface area (Å²) in [6, 6.07) is 13.8. The normalized spacial score (nSPS) is 14.9. The standard InChI is InChI=1S/C18H20FN5O/c1-13(14-3-9-17(10-4-14)24-12-21-22-23-24)20-11-18(2,25)15-5-7-16(19)8-6-15/h3-10,12-13,20,25H,11H2,1-2H3/t13-,18-/m1/s1. The minimum atomic E-state index is -1.09. The van der Waals surface area contributed by atoms with E-state index in [1.165, 1.54) is 18.5 Å². The predicted octanol–water partition coefficient (Wildman–Crippen LogP) is 2.36. The van der Waals surface area contributed by atoms with Crippen LogP contribution in [0.15, 0.2) is 54.9 Å². The lowest BCUT2D eigenvalue weighted by atomic mass is 9.95. The van der Waals surface area contributed by atoms with Crippen LogP contribution in [0.4, 0.5) is 4.39 Å². The van der Waals surface area contributed by atoms with Gasteiger partial charge in [0.05, 0.1) is 11.3 Å². The monoisotopic (exact) mass is 341 g/mol. The topological polar surface area (TPSA) is 75.9 Å². The van der Waals surface area contributed by atoms with Gasteiger partial charge in [0, 0.05) is 12.6 Å². The molecule has 0 saturated heterocycles. The van der Waals surface area contributed by atoms with E-state index < -0.39 is 5.60 Å². The maximum atomic E-state index is 13.0. The summed E-state index contributed by atoms with van der Waals surface area (Å²) in [4.78, 5) is 0. The van der Waals surface area contributed by atoms with E-state index in [2.05, 4.69) is 20.8 Å². The maximum Gasteiger partial charge on any atom is 0.143 e. The Labute approximate surface area is 145 Å². The first-order valence-electron chi connectivity index (χ1n) is 8.01. The van der Waals surface area contributed by atoms with E-state index >= 15 is 0 Å². The lowest BCUT2D eigenvalue weighted by molar-refractivity contribution is 0.0543. The number of hydrogen-bond acceptors (Lipinski definition) is 5. The first-order chi connectivity index (χ1) is 12.0. The molecule has 0 bridgehead atoms. The lowest BCUT2D eigenvalue weighted by Crippen LogP contribution is -2.36. The SMILES string of the molecule is C[C@@H](NC[C@@](C)(O)c1ccc(F)cc1)c1ccc(-n2cnnn2)cc1. The first-order valence-corrected chi connectivity index (χ1v) is 8.01. The Balaban J connectivity index is 1.63. The second-order valence-electron chi connectivity index (χ2n) is 6.23. The molecule has 0 amide bonds. The van der Waals surface area contributed by atoms with Gasteiger partial charge >= 0.3 is 0 Å². The molecular weight excluding hydrogens is 321 g/mol. The largest absolute Gasteiger partial charge is 0.384 e. The van der Waals surface area contributed by atoms with E-state index in [1.807, 2.05) is 31.2 Å². The van der Waals surface area contributed by atoms with E-state index in [1.54, 1.807) is 23.7 Å². The Morgan fingerprint density at radius 2 is 1.84 bits per heavy atom. The van der Waals surface area contributed by atoms with Crippen LogP contribution in [0.2, 0.25) is 0 Å². The van der Waals surface area contributed by atoms with Crippen molar-refractivity contribution >= 4 is 0 Å². The minimum absolute atomic E-state index is 0.0369. The van der Waals surface area contributed by atoms with E-state index in [4.69, 9.17) is 0 Å². The molecule has 0 saturated carbocycles. The molecule has 2 aromatic carbocycles. The highest BCUT2D eigenvalue weighted by Crippen LogP contribution is 2.22. The Morgan fingerprint density at radius 1 is 1.16 bits per heavy atom. The molecule has 0 aliphatic heterocycles. The van der Waals surface area contributed by atoms with Crippen molar-refractivity contribution in [3.8, 4) is 5.69 Å². The maximum absolute atomic E-state index is 13.0. The molecule has 7 heteroatoms. The van der Waals surface area contributed by atoms with Crippen LogP contribution in [0.5, 0.6) is 0 Å². The summed E-state index contributed by atoms with van der Waals surface area (Å²) in [6.07, 6.45) is 1.54. The molecule has 1 heterocycles. The fourth-order valence-corrected chi connectivity index (χ4v) is 2.58. The average molecular weight is 341 g/mol. The summed E-state index contributed by atoms with van der Waals surface area (Å²) in [5.74, 6) is -0.316. The fourth-order valence-electron chi connectivity index (χ4n) is 2.58. The quantitative estimate of drug-likeness (QED) is 0.720. The third-order valence-electron chi connectivity index (χ3n) is 4.23. The van der Waals surface area contributed by atoms with Crippen molar-refractivity contribution in [2.24, 2.45) is 0 Å². The number of nitrogens with one attached hydrogen (secondary N) is 1. The molecule has 25 heavy (non-hydrogen) atoms. The molecule has 2 atom stereocenters. The van der Waals surface area contributed by atoms with Gasteiger partial charge in [0.25, 0.3) is 0 Å². The highest BCUT2D eigenvalue weighted by molar-refractivity contribution is 5.34. The Bertz CT molecular complexity index is 800. The molecule has 0 spiro atoms. The second kappa shape index (κ2) is 7.08.